The van der Waals surface area contributed by atoms with E-state index in [1.165, 1.54) is 16.4 Å². The molecule has 1 heterocycles. The molecular formula is C11H8F3N3OS. The summed E-state index contributed by atoms with van der Waals surface area (Å²) < 4.78 is 40.3. The molecule has 0 amide bonds. The van der Waals surface area contributed by atoms with Crippen molar-refractivity contribution in [3.8, 4) is 0 Å². The number of benzene rings is 1. The lowest BCUT2D eigenvalue weighted by molar-refractivity contribution is 0.443. The molecule has 0 atom stereocenters. The Kier molecular flexibility index (Phi) is 3.89. The van der Waals surface area contributed by atoms with E-state index in [9.17, 15) is 18.0 Å². The van der Waals surface area contributed by atoms with Gasteiger partial charge in [0.25, 0.3) is 5.56 Å². The van der Waals surface area contributed by atoms with Crippen molar-refractivity contribution in [2.24, 2.45) is 0 Å². The minimum Gasteiger partial charge on any atom is -0.266 e. The van der Waals surface area contributed by atoms with Gasteiger partial charge in [-0.2, -0.15) is 10.1 Å². The average Bonchev–Trinajstić information content (AvgIpc) is 2.38. The predicted molar refractivity (Wildman–Crippen MR) is 63.5 cm³/mol. The lowest BCUT2D eigenvalue weighted by Crippen LogP contribution is -2.17. The molecular weight excluding hydrogens is 279 g/mol. The van der Waals surface area contributed by atoms with Gasteiger partial charge in [-0.25, -0.2) is 17.9 Å². The molecule has 1 aromatic heterocycles. The van der Waals surface area contributed by atoms with Gasteiger partial charge in [0.15, 0.2) is 22.6 Å². The van der Waals surface area contributed by atoms with E-state index in [2.05, 4.69) is 10.1 Å². The van der Waals surface area contributed by atoms with Gasteiger partial charge >= 0.3 is 0 Å². The van der Waals surface area contributed by atoms with Gasteiger partial charge in [0.2, 0.25) is 0 Å². The van der Waals surface area contributed by atoms with Gasteiger partial charge in [0.1, 0.15) is 6.20 Å². The standard InChI is InChI=1S/C11H8F3N3OS/c1-19-11-16-9(18)4-15-17(11)5-6-2-7(12)10(14)8(13)3-6/h2-4H,5H2,1H3. The first kappa shape index (κ1) is 13.6. The maximum atomic E-state index is 13.1. The van der Waals surface area contributed by atoms with Gasteiger partial charge in [-0.3, -0.25) is 4.79 Å². The van der Waals surface area contributed by atoms with Gasteiger partial charge in [-0.1, -0.05) is 11.8 Å². The van der Waals surface area contributed by atoms with Crippen LogP contribution in [-0.2, 0) is 6.54 Å². The molecule has 1 aromatic carbocycles. The maximum Gasteiger partial charge on any atom is 0.292 e. The Morgan fingerprint density at radius 1 is 1.26 bits per heavy atom. The Morgan fingerprint density at radius 3 is 2.47 bits per heavy atom. The highest BCUT2D eigenvalue weighted by atomic mass is 32.2. The van der Waals surface area contributed by atoms with Crippen LogP contribution in [0.3, 0.4) is 0 Å². The van der Waals surface area contributed by atoms with Crippen molar-refractivity contribution >= 4 is 11.8 Å². The minimum atomic E-state index is -1.51. The highest BCUT2D eigenvalue weighted by molar-refractivity contribution is 7.98. The van der Waals surface area contributed by atoms with Gasteiger partial charge in [-0.05, 0) is 24.0 Å². The van der Waals surface area contributed by atoms with Crippen molar-refractivity contribution < 1.29 is 13.2 Å². The highest BCUT2D eigenvalue weighted by Crippen LogP contribution is 2.16. The molecule has 0 spiro atoms. The number of thioether (sulfide) groups is 1. The quantitative estimate of drug-likeness (QED) is 0.638. The van der Waals surface area contributed by atoms with E-state index in [1.807, 2.05) is 0 Å². The van der Waals surface area contributed by atoms with E-state index in [-0.39, 0.29) is 12.1 Å². The van der Waals surface area contributed by atoms with E-state index >= 15 is 0 Å². The summed E-state index contributed by atoms with van der Waals surface area (Å²) in [6.45, 7) is -0.0163. The van der Waals surface area contributed by atoms with Crippen molar-refractivity contribution in [1.29, 1.82) is 0 Å². The van der Waals surface area contributed by atoms with Crippen LogP contribution in [-0.4, -0.2) is 21.0 Å². The molecule has 0 unspecified atom stereocenters. The fraction of sp³-hybridized carbons (Fsp3) is 0.182. The number of rotatable bonds is 3. The number of halogens is 3. The van der Waals surface area contributed by atoms with Crippen LogP contribution in [0.15, 0.2) is 28.3 Å². The summed E-state index contributed by atoms with van der Waals surface area (Å²) in [5, 5.41) is 4.11. The van der Waals surface area contributed by atoms with Crippen LogP contribution in [0.5, 0.6) is 0 Å². The fourth-order valence-corrected chi connectivity index (χ4v) is 1.98. The summed E-state index contributed by atoms with van der Waals surface area (Å²) in [6, 6.07) is 1.75. The zero-order valence-electron chi connectivity index (χ0n) is 9.73. The lowest BCUT2D eigenvalue weighted by atomic mass is 10.2. The first-order valence-corrected chi connectivity index (χ1v) is 6.35. The van der Waals surface area contributed by atoms with Gasteiger partial charge in [0, 0.05) is 0 Å². The van der Waals surface area contributed by atoms with Crippen molar-refractivity contribution in [2.45, 2.75) is 11.7 Å². The molecule has 0 aliphatic heterocycles. The van der Waals surface area contributed by atoms with Crippen LogP contribution in [0, 0.1) is 17.5 Å². The third-order valence-electron chi connectivity index (χ3n) is 2.29. The molecule has 2 aromatic rings. The number of aromatic nitrogens is 3. The summed E-state index contributed by atoms with van der Waals surface area (Å²) in [4.78, 5) is 14.7. The first-order chi connectivity index (χ1) is 9.01. The van der Waals surface area contributed by atoms with E-state index in [4.69, 9.17) is 0 Å². The normalized spacial score (nSPS) is 10.7. The van der Waals surface area contributed by atoms with Gasteiger partial charge in [-0.15, -0.1) is 0 Å². The molecule has 0 N–H and O–H groups in total. The van der Waals surface area contributed by atoms with E-state index < -0.39 is 23.0 Å². The largest absolute Gasteiger partial charge is 0.292 e. The van der Waals surface area contributed by atoms with Crippen molar-refractivity contribution in [2.75, 3.05) is 6.26 Å². The Hall–Kier alpha value is -1.83. The molecule has 0 aliphatic rings. The molecule has 0 radical (unpaired) electrons. The lowest BCUT2D eigenvalue weighted by Gasteiger charge is -2.09. The molecule has 0 aliphatic carbocycles. The summed E-state index contributed by atoms with van der Waals surface area (Å²) in [6.07, 6.45) is 2.68. The molecule has 4 nitrogen and oxygen atoms in total. The number of hydrogen-bond acceptors (Lipinski definition) is 4. The Bertz CT molecular complexity index is 651. The summed E-state index contributed by atoms with van der Waals surface area (Å²) in [5.74, 6) is -4.05. The third kappa shape index (κ3) is 2.95. The predicted octanol–water partition coefficient (Wildman–Crippen LogP) is 1.83. The third-order valence-corrected chi connectivity index (χ3v) is 2.96. The second-order valence-corrected chi connectivity index (χ2v) is 4.39. The molecule has 0 saturated carbocycles. The Morgan fingerprint density at radius 2 is 1.89 bits per heavy atom. The van der Waals surface area contributed by atoms with Crippen LogP contribution in [0.2, 0.25) is 0 Å². The van der Waals surface area contributed by atoms with Crippen LogP contribution < -0.4 is 5.56 Å². The second kappa shape index (κ2) is 5.43. The Labute approximate surface area is 110 Å². The molecule has 2 rings (SSSR count). The van der Waals surface area contributed by atoms with Crippen LogP contribution in [0.4, 0.5) is 13.2 Å². The maximum absolute atomic E-state index is 13.1. The highest BCUT2D eigenvalue weighted by Gasteiger charge is 2.12. The zero-order chi connectivity index (χ0) is 14.0. The average molecular weight is 287 g/mol. The second-order valence-electron chi connectivity index (χ2n) is 3.61. The fourth-order valence-electron chi connectivity index (χ4n) is 1.48. The van der Waals surface area contributed by atoms with E-state index in [0.717, 1.165) is 18.3 Å². The van der Waals surface area contributed by atoms with Crippen molar-refractivity contribution in [3.05, 3.63) is 51.7 Å². The number of nitrogens with zero attached hydrogens (tertiary/aromatic N) is 3. The molecule has 0 bridgehead atoms. The molecule has 0 fully saturated rings. The minimum absolute atomic E-state index is 0.0163. The topological polar surface area (TPSA) is 47.8 Å². The summed E-state index contributed by atoms with van der Waals surface area (Å²) in [5.41, 5.74) is -0.318. The van der Waals surface area contributed by atoms with Crippen LogP contribution in [0.25, 0.3) is 0 Å². The van der Waals surface area contributed by atoms with E-state index in [1.54, 1.807) is 6.26 Å². The smallest absolute Gasteiger partial charge is 0.266 e. The molecule has 8 heteroatoms. The van der Waals surface area contributed by atoms with Crippen LogP contribution >= 0.6 is 11.8 Å². The van der Waals surface area contributed by atoms with E-state index in [0.29, 0.717) is 5.16 Å². The van der Waals surface area contributed by atoms with Crippen molar-refractivity contribution in [3.63, 3.8) is 0 Å². The molecule has 100 valence electrons. The zero-order valence-corrected chi connectivity index (χ0v) is 10.5. The van der Waals surface area contributed by atoms with Crippen LogP contribution in [0.1, 0.15) is 5.56 Å². The number of hydrogen-bond donors (Lipinski definition) is 0. The first-order valence-electron chi connectivity index (χ1n) is 5.13. The van der Waals surface area contributed by atoms with Gasteiger partial charge in [0.05, 0.1) is 6.54 Å². The van der Waals surface area contributed by atoms with Gasteiger partial charge < -0.3 is 0 Å². The Balaban J connectivity index is 2.39. The molecule has 0 saturated heterocycles. The molecule has 19 heavy (non-hydrogen) atoms. The SMILES string of the molecule is CSc1nc(=O)cnn1Cc1cc(F)c(F)c(F)c1. The monoisotopic (exact) mass is 287 g/mol. The summed E-state index contributed by atoms with van der Waals surface area (Å²) >= 11 is 1.17. The van der Waals surface area contributed by atoms with Crippen molar-refractivity contribution in [1.82, 2.24) is 14.8 Å². The summed E-state index contributed by atoms with van der Waals surface area (Å²) in [7, 11) is 0.